The molecule has 0 aliphatic rings. The van der Waals surface area contributed by atoms with Gasteiger partial charge >= 0.3 is 5.97 Å². The highest BCUT2D eigenvalue weighted by Gasteiger charge is 2.29. The molecule has 0 spiro atoms. The van der Waals surface area contributed by atoms with E-state index < -0.39 is 23.7 Å². The first-order valence-corrected chi connectivity index (χ1v) is 7.23. The topological polar surface area (TPSA) is 81.7 Å². The number of carbonyl (C=O) groups excluding carboxylic acids is 3. The fourth-order valence-corrected chi connectivity index (χ4v) is 2.03. The van der Waals surface area contributed by atoms with Crippen molar-refractivity contribution in [2.45, 2.75) is 13.0 Å². The van der Waals surface area contributed by atoms with Crippen LogP contribution in [0, 0.1) is 0 Å². The second-order valence-corrected chi connectivity index (χ2v) is 4.96. The Kier molecular flexibility index (Phi) is 5.68. The summed E-state index contributed by atoms with van der Waals surface area (Å²) >= 11 is 0. The van der Waals surface area contributed by atoms with Gasteiger partial charge in [0.25, 0.3) is 0 Å². The predicted molar refractivity (Wildman–Crippen MR) is 86.9 cm³/mol. The summed E-state index contributed by atoms with van der Waals surface area (Å²) < 4.78 is 10.2. The van der Waals surface area contributed by atoms with Gasteiger partial charge in [0.1, 0.15) is 11.5 Å². The van der Waals surface area contributed by atoms with Crippen LogP contribution in [0.3, 0.4) is 0 Å². The fraction of sp³-hybridized carbons (Fsp3) is 0.167. The number of esters is 1. The van der Waals surface area contributed by atoms with Gasteiger partial charge in [0.15, 0.2) is 11.8 Å². The lowest BCUT2D eigenvalue weighted by atomic mass is 10.0. The molecule has 6 nitrogen and oxygen atoms in total. The lowest BCUT2D eigenvalue weighted by Gasteiger charge is -2.14. The average Bonchev–Trinajstić information content (AvgIpc) is 2.60. The Morgan fingerprint density at radius 2 is 1.50 bits per heavy atom. The van der Waals surface area contributed by atoms with E-state index in [1.807, 2.05) is 30.3 Å². The first-order chi connectivity index (χ1) is 11.5. The van der Waals surface area contributed by atoms with Gasteiger partial charge in [0, 0.05) is 12.5 Å². The van der Waals surface area contributed by atoms with Crippen LogP contribution in [0.2, 0.25) is 0 Å². The van der Waals surface area contributed by atoms with Gasteiger partial charge in [-0.25, -0.2) is 4.79 Å². The molecule has 0 bridgehead atoms. The lowest BCUT2D eigenvalue weighted by molar-refractivity contribution is -0.143. The molecule has 2 rings (SSSR count). The molecule has 1 atom stereocenters. The molecule has 0 saturated heterocycles. The minimum atomic E-state index is -1.37. The number of rotatable bonds is 6. The summed E-state index contributed by atoms with van der Waals surface area (Å²) in [6.45, 7) is 1.22. The van der Waals surface area contributed by atoms with Crippen molar-refractivity contribution in [3.8, 4) is 11.5 Å². The predicted octanol–water partition coefficient (Wildman–Crippen LogP) is 2.34. The quantitative estimate of drug-likeness (QED) is 0.500. The molecule has 6 heteroatoms. The summed E-state index contributed by atoms with van der Waals surface area (Å²) in [5.74, 6) is -0.653. The minimum Gasteiger partial charge on any atom is -0.467 e. The number of ether oxygens (including phenoxy) is 2. The molecule has 0 heterocycles. The smallest absolute Gasteiger partial charge is 0.336 e. The molecular formula is C18H17NO5. The molecule has 1 unspecified atom stereocenters. The molecule has 0 fully saturated rings. The van der Waals surface area contributed by atoms with Crippen molar-refractivity contribution in [2.75, 3.05) is 7.11 Å². The molecule has 24 heavy (non-hydrogen) atoms. The van der Waals surface area contributed by atoms with Crippen molar-refractivity contribution in [1.82, 2.24) is 5.32 Å². The Hall–Kier alpha value is -3.15. The minimum absolute atomic E-state index is 0.263. The summed E-state index contributed by atoms with van der Waals surface area (Å²) in [7, 11) is 1.15. The second-order valence-electron chi connectivity index (χ2n) is 4.96. The zero-order chi connectivity index (χ0) is 17.5. The highest BCUT2D eigenvalue weighted by molar-refractivity contribution is 6.13. The zero-order valence-electron chi connectivity index (χ0n) is 13.3. The largest absolute Gasteiger partial charge is 0.467 e. The number of nitrogens with one attached hydrogen (secondary N) is 1. The van der Waals surface area contributed by atoms with Gasteiger partial charge in [-0.2, -0.15) is 0 Å². The van der Waals surface area contributed by atoms with E-state index in [2.05, 4.69) is 10.1 Å². The summed E-state index contributed by atoms with van der Waals surface area (Å²) in [6.07, 6.45) is 0. The third-order valence-electron chi connectivity index (χ3n) is 3.16. The monoisotopic (exact) mass is 327 g/mol. The number of para-hydroxylation sites is 1. The fourth-order valence-electron chi connectivity index (χ4n) is 2.03. The van der Waals surface area contributed by atoms with Crippen LogP contribution in [0.4, 0.5) is 0 Å². The van der Waals surface area contributed by atoms with Gasteiger partial charge in [-0.15, -0.1) is 0 Å². The summed E-state index contributed by atoms with van der Waals surface area (Å²) in [4.78, 5) is 35.3. The van der Waals surface area contributed by atoms with Gasteiger partial charge in [-0.1, -0.05) is 18.2 Å². The van der Waals surface area contributed by atoms with E-state index >= 15 is 0 Å². The molecule has 0 aliphatic carbocycles. The zero-order valence-corrected chi connectivity index (χ0v) is 13.3. The average molecular weight is 327 g/mol. The number of carbonyl (C=O) groups is 3. The molecule has 0 radical (unpaired) electrons. The third kappa shape index (κ3) is 4.42. The number of methoxy groups -OCH3 is 1. The molecule has 0 aromatic heterocycles. The van der Waals surface area contributed by atoms with Crippen LogP contribution < -0.4 is 10.1 Å². The molecule has 0 aliphatic heterocycles. The standard InChI is InChI=1S/C18H17NO5/c1-12(20)19-16(18(22)23-2)17(21)13-8-10-15(11-9-13)24-14-6-4-3-5-7-14/h3-11,16H,1-2H3,(H,19,20). The Labute approximate surface area is 139 Å². The highest BCUT2D eigenvalue weighted by atomic mass is 16.5. The molecule has 0 saturated carbocycles. The molecule has 1 amide bonds. The molecule has 1 N–H and O–H groups in total. The van der Waals surface area contributed by atoms with Crippen molar-refractivity contribution >= 4 is 17.7 Å². The Balaban J connectivity index is 2.14. The first kappa shape index (κ1) is 17.2. The van der Waals surface area contributed by atoms with E-state index in [4.69, 9.17) is 4.74 Å². The maximum Gasteiger partial charge on any atom is 0.336 e. The summed E-state index contributed by atoms with van der Waals surface area (Å²) in [6, 6.07) is 14.1. The first-order valence-electron chi connectivity index (χ1n) is 7.23. The van der Waals surface area contributed by atoms with Crippen molar-refractivity contribution in [3.05, 3.63) is 60.2 Å². The third-order valence-corrected chi connectivity index (χ3v) is 3.16. The van der Waals surface area contributed by atoms with Gasteiger partial charge in [-0.3, -0.25) is 9.59 Å². The molecule has 2 aromatic rings. The van der Waals surface area contributed by atoms with Crippen molar-refractivity contribution in [2.24, 2.45) is 0 Å². The number of Topliss-reactive ketones (excluding diaryl/α,β-unsaturated/α-hetero) is 1. The highest BCUT2D eigenvalue weighted by Crippen LogP contribution is 2.21. The van der Waals surface area contributed by atoms with Crippen LogP contribution in [0.25, 0.3) is 0 Å². The van der Waals surface area contributed by atoms with E-state index in [0.29, 0.717) is 11.5 Å². The number of benzene rings is 2. The van der Waals surface area contributed by atoms with Gasteiger partial charge in [0.2, 0.25) is 5.91 Å². The molecular weight excluding hydrogens is 310 g/mol. The van der Waals surface area contributed by atoms with Crippen LogP contribution >= 0.6 is 0 Å². The van der Waals surface area contributed by atoms with Crippen LogP contribution in [0.1, 0.15) is 17.3 Å². The van der Waals surface area contributed by atoms with E-state index in [0.717, 1.165) is 7.11 Å². The molecule has 124 valence electrons. The van der Waals surface area contributed by atoms with Crippen molar-refractivity contribution in [3.63, 3.8) is 0 Å². The van der Waals surface area contributed by atoms with Gasteiger partial charge < -0.3 is 14.8 Å². The Bertz CT molecular complexity index is 725. The number of hydrogen-bond donors (Lipinski definition) is 1. The van der Waals surface area contributed by atoms with Crippen LogP contribution in [-0.2, 0) is 14.3 Å². The summed E-state index contributed by atoms with van der Waals surface area (Å²) in [5.41, 5.74) is 0.263. The van der Waals surface area contributed by atoms with E-state index in [-0.39, 0.29) is 5.56 Å². The van der Waals surface area contributed by atoms with Gasteiger partial charge in [-0.05, 0) is 36.4 Å². The van der Waals surface area contributed by atoms with E-state index in [9.17, 15) is 14.4 Å². The van der Waals surface area contributed by atoms with Crippen LogP contribution in [0.5, 0.6) is 11.5 Å². The van der Waals surface area contributed by atoms with E-state index in [1.54, 1.807) is 12.1 Å². The SMILES string of the molecule is COC(=O)C(NC(C)=O)C(=O)c1ccc(Oc2ccccc2)cc1. The van der Waals surface area contributed by atoms with Crippen LogP contribution in [-0.4, -0.2) is 30.8 Å². The van der Waals surface area contributed by atoms with Crippen molar-refractivity contribution < 1.29 is 23.9 Å². The Morgan fingerprint density at radius 3 is 2.04 bits per heavy atom. The second kappa shape index (κ2) is 7.92. The lowest BCUT2D eigenvalue weighted by Crippen LogP contribution is -2.46. The normalized spacial score (nSPS) is 11.2. The number of ketones is 1. The summed E-state index contributed by atoms with van der Waals surface area (Å²) in [5, 5.41) is 2.29. The van der Waals surface area contributed by atoms with E-state index in [1.165, 1.54) is 19.1 Å². The number of amides is 1. The van der Waals surface area contributed by atoms with Crippen molar-refractivity contribution in [1.29, 1.82) is 0 Å². The maximum absolute atomic E-state index is 12.4. The van der Waals surface area contributed by atoms with Gasteiger partial charge in [0.05, 0.1) is 7.11 Å². The number of hydrogen-bond acceptors (Lipinski definition) is 5. The molecule has 2 aromatic carbocycles. The maximum atomic E-state index is 12.4. The Morgan fingerprint density at radius 1 is 0.917 bits per heavy atom. The van der Waals surface area contributed by atoms with Crippen LogP contribution in [0.15, 0.2) is 54.6 Å².